The van der Waals surface area contributed by atoms with Crippen molar-refractivity contribution in [2.75, 3.05) is 32.1 Å². The van der Waals surface area contributed by atoms with Gasteiger partial charge in [0.25, 0.3) is 5.91 Å². The second kappa shape index (κ2) is 13.7. The maximum absolute atomic E-state index is 13.7. The second-order valence-electron chi connectivity index (χ2n) is 10.3. The molecule has 11 nitrogen and oxygen atoms in total. The minimum atomic E-state index is -1.51. The molecule has 0 saturated carbocycles. The van der Waals surface area contributed by atoms with Crippen LogP contribution >= 0.6 is 0 Å². The van der Waals surface area contributed by atoms with Gasteiger partial charge in [0, 0.05) is 31.4 Å². The number of benzene rings is 3. The largest absolute Gasteiger partial charge is 0.489 e. The first kappa shape index (κ1) is 30.1. The lowest BCUT2D eigenvalue weighted by molar-refractivity contribution is -0.210. The van der Waals surface area contributed by atoms with Crippen LogP contribution in [0.2, 0.25) is 0 Å². The third-order valence-electron chi connectivity index (χ3n) is 7.33. The smallest absolute Gasteiger partial charge is 0.254 e. The number of amides is 1. The third-order valence-corrected chi connectivity index (χ3v) is 7.33. The molecule has 1 aliphatic heterocycles. The number of halogens is 1. The van der Waals surface area contributed by atoms with Crippen LogP contribution in [0.5, 0.6) is 5.75 Å². The summed E-state index contributed by atoms with van der Waals surface area (Å²) in [5, 5.41) is 43.2. The number of carbonyl (C=O) groups is 1. The Bertz CT molecular complexity index is 1490. The average molecular weight is 592 g/mol. The lowest BCUT2D eigenvalue weighted by atomic mass is 9.92. The van der Waals surface area contributed by atoms with E-state index in [-0.39, 0.29) is 6.54 Å². The maximum Gasteiger partial charge on any atom is 0.254 e. The van der Waals surface area contributed by atoms with Gasteiger partial charge in [0.1, 0.15) is 48.2 Å². The zero-order chi connectivity index (χ0) is 30.3. The molecule has 12 heteroatoms. The number of nitrogens with zero attached hydrogens (tertiary/aromatic N) is 4. The lowest BCUT2D eigenvalue weighted by Gasteiger charge is -2.42. The zero-order valence-electron chi connectivity index (χ0n) is 23.5. The van der Waals surface area contributed by atoms with Gasteiger partial charge in [-0.05, 0) is 42.0 Å². The van der Waals surface area contributed by atoms with E-state index in [9.17, 15) is 24.5 Å². The van der Waals surface area contributed by atoms with Crippen molar-refractivity contribution in [3.63, 3.8) is 0 Å². The van der Waals surface area contributed by atoms with Gasteiger partial charge in [-0.1, -0.05) is 47.7 Å². The van der Waals surface area contributed by atoms with Crippen molar-refractivity contribution in [1.82, 2.24) is 19.9 Å². The highest BCUT2D eigenvalue weighted by Gasteiger charge is 2.49. The van der Waals surface area contributed by atoms with E-state index < -0.39 is 48.8 Å². The van der Waals surface area contributed by atoms with Gasteiger partial charge in [0.05, 0.1) is 12.8 Å². The summed E-state index contributed by atoms with van der Waals surface area (Å²) in [7, 11) is 1.58. The Morgan fingerprint density at radius 1 is 1.07 bits per heavy atom. The Kier molecular flexibility index (Phi) is 9.62. The molecule has 0 spiro atoms. The topological polar surface area (TPSA) is 142 Å². The van der Waals surface area contributed by atoms with Crippen molar-refractivity contribution in [2.45, 2.75) is 37.1 Å². The van der Waals surface area contributed by atoms with Gasteiger partial charge in [0.15, 0.2) is 6.10 Å². The molecule has 1 saturated heterocycles. The van der Waals surface area contributed by atoms with Crippen LogP contribution in [0.1, 0.15) is 11.6 Å². The molecule has 3 aromatic carbocycles. The Balaban J connectivity index is 1.18. The van der Waals surface area contributed by atoms with E-state index in [0.717, 1.165) is 17.0 Å². The normalized spacial score (nSPS) is 21.7. The Morgan fingerprint density at radius 2 is 1.84 bits per heavy atom. The summed E-state index contributed by atoms with van der Waals surface area (Å²) in [5.41, 5.74) is 2.68. The lowest BCUT2D eigenvalue weighted by Crippen LogP contribution is -2.60. The Labute approximate surface area is 248 Å². The molecule has 5 atom stereocenters. The van der Waals surface area contributed by atoms with Crippen LogP contribution in [-0.4, -0.2) is 92.3 Å². The van der Waals surface area contributed by atoms with Gasteiger partial charge < -0.3 is 35.0 Å². The summed E-state index contributed by atoms with van der Waals surface area (Å²) < 4.78 is 26.4. The number of ether oxygens (including phenoxy) is 2. The number of nitrogens with one attached hydrogen (secondary N) is 1. The van der Waals surface area contributed by atoms with Crippen molar-refractivity contribution in [1.29, 1.82) is 0 Å². The molecule has 43 heavy (non-hydrogen) atoms. The van der Waals surface area contributed by atoms with Crippen LogP contribution in [0.4, 0.5) is 10.1 Å². The first-order valence-electron chi connectivity index (χ1n) is 13.9. The summed E-state index contributed by atoms with van der Waals surface area (Å²) in [6, 6.07) is 22.0. The minimum Gasteiger partial charge on any atom is -0.489 e. The fraction of sp³-hybridized carbons (Fsp3) is 0.323. The number of likely N-dealkylation sites (N-methyl/N-ethyl adjacent to an activating group) is 1. The molecule has 5 rings (SSSR count). The second-order valence-corrected chi connectivity index (χ2v) is 10.3. The number of hydrogen-bond donors (Lipinski definition) is 4. The summed E-state index contributed by atoms with van der Waals surface area (Å²) in [6.45, 7) is 0.568. The van der Waals surface area contributed by atoms with E-state index in [1.54, 1.807) is 13.1 Å². The number of anilines is 1. The van der Waals surface area contributed by atoms with Crippen molar-refractivity contribution in [3.8, 4) is 17.0 Å². The molecule has 0 radical (unpaired) electrons. The zero-order valence-corrected chi connectivity index (χ0v) is 23.5. The molecule has 1 aromatic heterocycles. The number of aliphatic hydroxyl groups is 3. The SMILES string of the molecule is CN(CCNc1ccc(OCc2ccccc2)cc1)C(=O)[C@@H]1O[C@H](CO)[C@H](O)[C@H](n2cc(-c3cccc(F)c3)nn2)[C@H]1O. The molecule has 4 aromatic rings. The van der Waals surface area contributed by atoms with Gasteiger partial charge in [-0.2, -0.15) is 0 Å². The highest BCUT2D eigenvalue weighted by molar-refractivity contribution is 5.81. The van der Waals surface area contributed by atoms with Crippen LogP contribution < -0.4 is 10.1 Å². The van der Waals surface area contributed by atoms with Crippen molar-refractivity contribution in [2.24, 2.45) is 0 Å². The summed E-state index contributed by atoms with van der Waals surface area (Å²) in [6.07, 6.45) is -3.99. The summed E-state index contributed by atoms with van der Waals surface area (Å²) >= 11 is 0. The highest BCUT2D eigenvalue weighted by Crippen LogP contribution is 2.31. The fourth-order valence-corrected chi connectivity index (χ4v) is 4.93. The third kappa shape index (κ3) is 7.17. The molecule has 1 amide bonds. The van der Waals surface area contributed by atoms with Gasteiger partial charge in [0.2, 0.25) is 0 Å². The van der Waals surface area contributed by atoms with Gasteiger partial charge >= 0.3 is 0 Å². The van der Waals surface area contributed by atoms with Crippen molar-refractivity contribution >= 4 is 11.6 Å². The first-order valence-corrected chi connectivity index (χ1v) is 13.9. The van der Waals surface area contributed by atoms with E-state index in [1.165, 1.54) is 34.0 Å². The number of hydrogen-bond acceptors (Lipinski definition) is 9. The van der Waals surface area contributed by atoms with E-state index >= 15 is 0 Å². The van der Waals surface area contributed by atoms with Gasteiger partial charge in [-0.15, -0.1) is 5.10 Å². The number of aliphatic hydroxyl groups excluding tert-OH is 3. The number of rotatable bonds is 11. The van der Waals surface area contributed by atoms with Crippen molar-refractivity contribution in [3.05, 3.63) is 96.4 Å². The van der Waals surface area contributed by atoms with E-state index in [0.29, 0.717) is 24.4 Å². The molecule has 2 heterocycles. The minimum absolute atomic E-state index is 0.279. The predicted molar refractivity (Wildman–Crippen MR) is 156 cm³/mol. The molecule has 0 aliphatic carbocycles. The molecule has 4 N–H and O–H groups in total. The number of carbonyl (C=O) groups excluding carboxylic acids is 1. The molecular formula is C31H34FN5O6. The Hall–Kier alpha value is -4.36. The summed E-state index contributed by atoms with van der Waals surface area (Å²) in [4.78, 5) is 14.7. The predicted octanol–water partition coefficient (Wildman–Crippen LogP) is 2.26. The average Bonchev–Trinajstić information content (AvgIpc) is 3.51. The van der Waals surface area contributed by atoms with Gasteiger partial charge in [-0.25, -0.2) is 9.07 Å². The van der Waals surface area contributed by atoms with Crippen LogP contribution in [0.3, 0.4) is 0 Å². The fourth-order valence-electron chi connectivity index (χ4n) is 4.93. The number of aromatic nitrogens is 3. The maximum atomic E-state index is 13.7. The van der Waals surface area contributed by atoms with E-state index in [4.69, 9.17) is 9.47 Å². The monoisotopic (exact) mass is 591 g/mol. The van der Waals surface area contributed by atoms with Crippen LogP contribution in [0, 0.1) is 5.82 Å². The standard InChI is InChI=1S/C31H34FN5O6/c1-36(15-14-33-23-10-12-24(13-11-23)42-19-20-6-3-2-4-7-20)31(41)30-29(40)27(28(39)26(18-38)43-30)37-17-25(34-35-37)21-8-5-9-22(32)16-21/h2-13,16-17,26-30,33,38-40H,14-15,18-19H2,1H3/t26-,27+,28+,29-,30-/m1/s1. The molecule has 1 fully saturated rings. The molecule has 0 unspecified atom stereocenters. The summed E-state index contributed by atoms with van der Waals surface area (Å²) in [5.74, 6) is -0.248. The highest BCUT2D eigenvalue weighted by atomic mass is 19.1. The van der Waals surface area contributed by atoms with E-state index in [2.05, 4.69) is 15.6 Å². The van der Waals surface area contributed by atoms with Gasteiger partial charge in [-0.3, -0.25) is 4.79 Å². The van der Waals surface area contributed by atoms with E-state index in [1.807, 2.05) is 54.6 Å². The quantitative estimate of drug-likeness (QED) is 0.207. The van der Waals surface area contributed by atoms with Crippen LogP contribution in [0.15, 0.2) is 85.1 Å². The molecule has 0 bridgehead atoms. The molecule has 226 valence electrons. The van der Waals surface area contributed by atoms with Crippen molar-refractivity contribution < 1.29 is 34.0 Å². The van der Waals surface area contributed by atoms with Crippen LogP contribution in [0.25, 0.3) is 11.3 Å². The van der Waals surface area contributed by atoms with Crippen LogP contribution in [-0.2, 0) is 16.1 Å². The first-order chi connectivity index (χ1) is 20.8. The molecular weight excluding hydrogens is 557 g/mol. The molecule has 1 aliphatic rings. The Morgan fingerprint density at radius 3 is 2.56 bits per heavy atom.